The van der Waals surface area contributed by atoms with Crippen molar-refractivity contribution in [2.75, 3.05) is 0 Å². The summed E-state index contributed by atoms with van der Waals surface area (Å²) in [6.07, 6.45) is 23.9. The molecule has 0 aromatic heterocycles. The number of nitrogens with one attached hydrogen (secondary N) is 3. The molecule has 1 rings (SSSR count). The van der Waals surface area contributed by atoms with E-state index in [1.165, 1.54) is 38.5 Å². The monoisotopic (exact) mass is 542 g/mol. The molecule has 3 N–H and O–H groups in total. The zero-order chi connectivity index (χ0) is 26.5. The van der Waals surface area contributed by atoms with Crippen LogP contribution in [0.5, 0.6) is 0 Å². The summed E-state index contributed by atoms with van der Waals surface area (Å²) in [6, 6.07) is 0. The molecule has 1 aliphatic rings. The van der Waals surface area contributed by atoms with E-state index in [1.54, 1.807) is 0 Å². The Hall–Kier alpha value is -1.53. The molecule has 1 aliphatic carbocycles. The van der Waals surface area contributed by atoms with Crippen molar-refractivity contribution in [1.29, 1.82) is 0 Å². The van der Waals surface area contributed by atoms with Crippen LogP contribution in [0, 0.1) is 0 Å². The summed E-state index contributed by atoms with van der Waals surface area (Å²) in [5.74, 6) is -0.213. The number of allylic oxidation sites excluding steroid dienone is 4. The van der Waals surface area contributed by atoms with Gasteiger partial charge in [0.25, 0.3) is 0 Å². The zero-order valence-corrected chi connectivity index (χ0v) is 24.7. The van der Waals surface area contributed by atoms with E-state index in [0.29, 0.717) is 25.7 Å². The van der Waals surface area contributed by atoms with Crippen molar-refractivity contribution in [3.63, 3.8) is 0 Å². The predicted molar refractivity (Wildman–Crippen MR) is 146 cm³/mol. The molecule has 7 heteroatoms. The topological polar surface area (TPSA) is 87.3 Å². The summed E-state index contributed by atoms with van der Waals surface area (Å²) in [5, 5.41) is 0. The van der Waals surface area contributed by atoms with Gasteiger partial charge in [0.1, 0.15) is 0 Å². The SMILES string of the molecule is CCCCCCCC(=O)[NH][V]([NH]C(=O)CCCCCCC)([NH]C(=O)CCCCCCC)[C]1=CC=CC1. The van der Waals surface area contributed by atoms with E-state index in [4.69, 9.17) is 0 Å². The maximum atomic E-state index is 13.1. The number of amides is 3. The van der Waals surface area contributed by atoms with Gasteiger partial charge in [-0.1, -0.05) is 0 Å². The molecule has 36 heavy (non-hydrogen) atoms. The van der Waals surface area contributed by atoms with Crippen molar-refractivity contribution in [1.82, 2.24) is 12.5 Å². The second kappa shape index (κ2) is 20.5. The van der Waals surface area contributed by atoms with Gasteiger partial charge in [0.2, 0.25) is 0 Å². The minimum atomic E-state index is -3.73. The van der Waals surface area contributed by atoms with Gasteiger partial charge in [0.15, 0.2) is 0 Å². The molecule has 0 fully saturated rings. The summed E-state index contributed by atoms with van der Waals surface area (Å²) in [7, 11) is 0. The van der Waals surface area contributed by atoms with E-state index in [9.17, 15) is 14.4 Å². The van der Waals surface area contributed by atoms with Gasteiger partial charge < -0.3 is 0 Å². The van der Waals surface area contributed by atoms with E-state index < -0.39 is 14.7 Å². The van der Waals surface area contributed by atoms with Crippen LogP contribution in [-0.4, -0.2) is 17.7 Å². The molecule has 0 aromatic rings. The van der Waals surface area contributed by atoms with Crippen molar-refractivity contribution in [2.45, 2.75) is 143 Å². The van der Waals surface area contributed by atoms with Crippen LogP contribution in [0.2, 0.25) is 0 Å². The summed E-state index contributed by atoms with van der Waals surface area (Å²) < 4.78 is 10.6. The molecule has 207 valence electrons. The van der Waals surface area contributed by atoms with Gasteiger partial charge in [0.05, 0.1) is 0 Å². The quantitative estimate of drug-likeness (QED) is 0.127. The molecule has 0 bridgehead atoms. The number of hydrogen-bond donors (Lipinski definition) is 3. The normalized spacial score (nSPS) is 12.9. The molecule has 0 heterocycles. The Kier molecular flexibility index (Phi) is 18.5. The molecule has 0 saturated carbocycles. The van der Waals surface area contributed by atoms with Gasteiger partial charge in [-0.25, -0.2) is 0 Å². The number of rotatable bonds is 22. The third-order valence-corrected chi connectivity index (χ3v) is 11.2. The van der Waals surface area contributed by atoms with E-state index in [1.807, 2.05) is 18.2 Å². The number of hydrogen-bond acceptors (Lipinski definition) is 3. The molecule has 3 amide bonds. The first-order valence-corrected chi connectivity index (χ1v) is 17.4. The molecule has 0 saturated heterocycles. The molecule has 0 aromatic carbocycles. The summed E-state index contributed by atoms with van der Waals surface area (Å²) in [6.45, 7) is 6.53. The second-order valence-electron chi connectivity index (χ2n) is 10.1. The van der Waals surface area contributed by atoms with Crippen LogP contribution in [0.25, 0.3) is 0 Å². The number of carbonyl (C=O) groups is 3. The van der Waals surface area contributed by atoms with Gasteiger partial charge in [-0.3, -0.25) is 0 Å². The van der Waals surface area contributed by atoms with Crippen LogP contribution in [0.1, 0.15) is 143 Å². The Morgan fingerprint density at radius 2 is 0.972 bits per heavy atom. The van der Waals surface area contributed by atoms with Gasteiger partial charge in [-0.15, -0.1) is 0 Å². The van der Waals surface area contributed by atoms with Gasteiger partial charge in [0, 0.05) is 0 Å². The van der Waals surface area contributed by atoms with Crippen LogP contribution in [0.15, 0.2) is 22.5 Å². The van der Waals surface area contributed by atoms with Crippen molar-refractivity contribution < 1.29 is 29.1 Å². The maximum absolute atomic E-state index is 13.1. The Labute approximate surface area is 224 Å². The molecule has 0 radical (unpaired) electrons. The fourth-order valence-corrected chi connectivity index (χ4v) is 8.67. The van der Waals surface area contributed by atoms with Gasteiger partial charge >= 0.3 is 225 Å². The molecule has 0 spiro atoms. The van der Waals surface area contributed by atoms with E-state index >= 15 is 0 Å². The summed E-state index contributed by atoms with van der Waals surface area (Å²) in [4.78, 5) is 39.2. The van der Waals surface area contributed by atoms with Crippen LogP contribution in [0.3, 0.4) is 0 Å². The van der Waals surface area contributed by atoms with E-state index in [-0.39, 0.29) is 17.7 Å². The zero-order valence-electron chi connectivity index (χ0n) is 23.3. The summed E-state index contributed by atoms with van der Waals surface area (Å²) in [5.41, 5.74) is 0. The Balaban J connectivity index is 2.89. The third kappa shape index (κ3) is 14.3. The van der Waals surface area contributed by atoms with Crippen LogP contribution in [0.4, 0.5) is 0 Å². The standard InChI is InChI=1S/3C8H17NO.C5H5.V/c3*1-2-3-4-5-6-7-8(9)10;1-2-4-5-3-1;/h3*2-7H2,1H3,(H2,9,10);1-3H,4H2;/q;;;;+3/p-3. The van der Waals surface area contributed by atoms with Gasteiger partial charge in [-0.05, 0) is 0 Å². The van der Waals surface area contributed by atoms with Crippen LogP contribution >= 0.6 is 0 Å². The molecule has 0 atom stereocenters. The average molecular weight is 543 g/mol. The Morgan fingerprint density at radius 1 is 0.611 bits per heavy atom. The first-order chi connectivity index (χ1) is 17.5. The third-order valence-electron chi connectivity index (χ3n) is 6.58. The average Bonchev–Trinajstić information content (AvgIpc) is 3.39. The molecule has 6 nitrogen and oxygen atoms in total. The minimum absolute atomic E-state index is 0.0710. The van der Waals surface area contributed by atoms with E-state index in [0.717, 1.165) is 62.1 Å². The predicted octanol–water partition coefficient (Wildman–Crippen LogP) is 7.16. The van der Waals surface area contributed by atoms with E-state index in [2.05, 4.69) is 33.3 Å². The number of unbranched alkanes of at least 4 members (excludes halogenated alkanes) is 12. The summed E-state index contributed by atoms with van der Waals surface area (Å²) >= 11 is -3.73. The molecule has 0 aliphatic heterocycles. The first-order valence-electron chi connectivity index (χ1n) is 14.7. The Bertz CT molecular complexity index is 637. The van der Waals surface area contributed by atoms with Crippen LogP contribution in [-0.2, 0) is 29.1 Å². The Morgan fingerprint density at radius 3 is 1.28 bits per heavy atom. The first kappa shape index (κ1) is 32.5. The molecular weight excluding hydrogens is 489 g/mol. The van der Waals surface area contributed by atoms with Crippen LogP contribution < -0.4 is 12.5 Å². The van der Waals surface area contributed by atoms with Crippen molar-refractivity contribution in [3.05, 3.63) is 22.5 Å². The fourth-order valence-electron chi connectivity index (χ4n) is 4.38. The fraction of sp³-hybridized carbons (Fsp3) is 0.759. The molecule has 0 unspecified atom stereocenters. The van der Waals surface area contributed by atoms with Crippen molar-refractivity contribution in [3.8, 4) is 0 Å². The second-order valence-corrected chi connectivity index (χ2v) is 14.1. The molecular formula is C29H53N3O3V. The van der Waals surface area contributed by atoms with Crippen molar-refractivity contribution in [2.24, 2.45) is 0 Å². The number of carbonyl (C=O) groups excluding carboxylic acids is 3. The van der Waals surface area contributed by atoms with Gasteiger partial charge in [-0.2, -0.15) is 0 Å². The van der Waals surface area contributed by atoms with Crippen molar-refractivity contribution >= 4 is 17.7 Å².